The summed E-state index contributed by atoms with van der Waals surface area (Å²) in [4.78, 5) is 5.48. The van der Waals surface area contributed by atoms with Crippen LogP contribution in [0.2, 0.25) is 0 Å². The molecule has 2 rings (SSSR count). The van der Waals surface area contributed by atoms with Gasteiger partial charge in [0.1, 0.15) is 0 Å². The molecule has 3 unspecified atom stereocenters. The van der Waals surface area contributed by atoms with Gasteiger partial charge in [0.25, 0.3) is 0 Å². The zero-order valence-electron chi connectivity index (χ0n) is 11.7. The van der Waals surface area contributed by atoms with Crippen LogP contribution in [0.1, 0.15) is 33.1 Å². The Morgan fingerprint density at radius 3 is 2.88 bits per heavy atom. The molecule has 2 fully saturated rings. The second-order valence-corrected chi connectivity index (χ2v) is 6.92. The van der Waals surface area contributed by atoms with Crippen molar-refractivity contribution < 1.29 is 0 Å². The minimum Gasteiger partial charge on any atom is -0.298 e. The van der Waals surface area contributed by atoms with Crippen molar-refractivity contribution in [2.75, 3.05) is 38.2 Å². The Bertz CT molecular complexity index is 234. The molecule has 2 nitrogen and oxygen atoms in total. The first-order valence-corrected chi connectivity index (χ1v) is 8.57. The second kappa shape index (κ2) is 6.44. The van der Waals surface area contributed by atoms with E-state index >= 15 is 0 Å². The van der Waals surface area contributed by atoms with Crippen molar-refractivity contribution in [3.63, 3.8) is 0 Å². The molecular formula is C14H28N2S. The molecule has 0 bridgehead atoms. The van der Waals surface area contributed by atoms with Crippen LogP contribution < -0.4 is 0 Å². The van der Waals surface area contributed by atoms with Gasteiger partial charge in [-0.05, 0) is 44.2 Å². The molecule has 0 radical (unpaired) electrons. The summed E-state index contributed by atoms with van der Waals surface area (Å²) in [5.41, 5.74) is 0. The van der Waals surface area contributed by atoms with E-state index in [1.165, 1.54) is 51.2 Å². The van der Waals surface area contributed by atoms with E-state index in [-0.39, 0.29) is 0 Å². The standard InChI is InChI=1S/C14H28N2S/c1-12(11-17-3)8-16-10-14-6-4-5-7-15(14)9-13(16)2/h12-14H,4-11H2,1-3H3. The van der Waals surface area contributed by atoms with Crippen molar-refractivity contribution in [1.29, 1.82) is 0 Å². The first kappa shape index (κ1) is 13.7. The predicted octanol–water partition coefficient (Wildman–Crippen LogP) is 2.54. The molecule has 3 atom stereocenters. The van der Waals surface area contributed by atoms with Crippen molar-refractivity contribution in [3.8, 4) is 0 Å². The Balaban J connectivity index is 1.86. The second-order valence-electron chi connectivity index (χ2n) is 6.01. The Morgan fingerprint density at radius 1 is 1.29 bits per heavy atom. The quantitative estimate of drug-likeness (QED) is 0.763. The molecule has 17 heavy (non-hydrogen) atoms. The highest BCUT2D eigenvalue weighted by molar-refractivity contribution is 7.98. The summed E-state index contributed by atoms with van der Waals surface area (Å²) in [6.45, 7) is 10.1. The zero-order valence-corrected chi connectivity index (χ0v) is 12.5. The van der Waals surface area contributed by atoms with E-state index in [0.717, 1.165) is 18.0 Å². The molecule has 100 valence electrons. The van der Waals surface area contributed by atoms with Crippen LogP contribution in [-0.2, 0) is 0 Å². The molecule has 2 aliphatic rings. The van der Waals surface area contributed by atoms with Crippen LogP contribution >= 0.6 is 11.8 Å². The van der Waals surface area contributed by atoms with E-state index in [2.05, 4.69) is 29.9 Å². The van der Waals surface area contributed by atoms with E-state index in [4.69, 9.17) is 0 Å². The van der Waals surface area contributed by atoms with Crippen LogP contribution in [0.25, 0.3) is 0 Å². The molecule has 0 amide bonds. The molecule has 2 saturated heterocycles. The van der Waals surface area contributed by atoms with Gasteiger partial charge in [0.15, 0.2) is 0 Å². The largest absolute Gasteiger partial charge is 0.298 e. The minimum atomic E-state index is 0.758. The lowest BCUT2D eigenvalue weighted by Crippen LogP contribution is -2.59. The van der Waals surface area contributed by atoms with Crippen molar-refractivity contribution in [1.82, 2.24) is 9.80 Å². The SMILES string of the molecule is CSCC(C)CN1CC2CCCCN2CC1C. The topological polar surface area (TPSA) is 6.48 Å². The Labute approximate surface area is 111 Å². The molecule has 0 aromatic rings. The molecule has 0 aliphatic carbocycles. The number of hydrogen-bond acceptors (Lipinski definition) is 3. The highest BCUT2D eigenvalue weighted by Gasteiger charge is 2.33. The maximum atomic E-state index is 2.74. The molecule has 3 heteroatoms. The summed E-state index contributed by atoms with van der Waals surface area (Å²) in [6, 6.07) is 1.62. The average Bonchev–Trinajstić information content (AvgIpc) is 2.30. The number of hydrogen-bond donors (Lipinski definition) is 0. The predicted molar refractivity (Wildman–Crippen MR) is 77.8 cm³/mol. The van der Waals surface area contributed by atoms with Gasteiger partial charge < -0.3 is 0 Å². The van der Waals surface area contributed by atoms with Gasteiger partial charge in [-0.3, -0.25) is 9.80 Å². The molecule has 0 saturated carbocycles. The smallest absolute Gasteiger partial charge is 0.0223 e. The van der Waals surface area contributed by atoms with Crippen LogP contribution in [-0.4, -0.2) is 60.1 Å². The highest BCUT2D eigenvalue weighted by Crippen LogP contribution is 2.24. The van der Waals surface area contributed by atoms with Gasteiger partial charge in [-0.2, -0.15) is 11.8 Å². The van der Waals surface area contributed by atoms with E-state index in [0.29, 0.717) is 0 Å². The van der Waals surface area contributed by atoms with Crippen molar-refractivity contribution in [2.24, 2.45) is 5.92 Å². The molecule has 0 spiro atoms. The fourth-order valence-corrected chi connectivity index (χ4v) is 4.08. The first-order chi connectivity index (χ1) is 8.20. The third kappa shape index (κ3) is 3.62. The molecular weight excluding hydrogens is 228 g/mol. The lowest BCUT2D eigenvalue weighted by Gasteiger charge is -2.48. The summed E-state index contributed by atoms with van der Waals surface area (Å²) >= 11 is 1.99. The molecule has 2 heterocycles. The summed E-state index contributed by atoms with van der Waals surface area (Å²) in [6.07, 6.45) is 6.52. The summed E-state index contributed by atoms with van der Waals surface area (Å²) in [5, 5.41) is 0. The molecule has 0 N–H and O–H groups in total. The molecule has 0 aromatic heterocycles. The molecule has 2 aliphatic heterocycles. The van der Waals surface area contributed by atoms with E-state index in [9.17, 15) is 0 Å². The fourth-order valence-electron chi connectivity index (χ4n) is 3.40. The monoisotopic (exact) mass is 256 g/mol. The van der Waals surface area contributed by atoms with Crippen LogP contribution in [0.15, 0.2) is 0 Å². The normalized spacial score (nSPS) is 33.4. The summed E-state index contributed by atoms with van der Waals surface area (Å²) in [7, 11) is 0. The number of piperidine rings is 1. The summed E-state index contributed by atoms with van der Waals surface area (Å²) in [5.74, 6) is 2.14. The fraction of sp³-hybridized carbons (Fsp3) is 1.00. The highest BCUT2D eigenvalue weighted by atomic mass is 32.2. The number of nitrogens with zero attached hydrogens (tertiary/aromatic N) is 2. The number of piperazine rings is 1. The van der Waals surface area contributed by atoms with Gasteiger partial charge in [-0.15, -0.1) is 0 Å². The van der Waals surface area contributed by atoms with Gasteiger partial charge in [-0.25, -0.2) is 0 Å². The number of rotatable bonds is 4. The van der Waals surface area contributed by atoms with Crippen LogP contribution in [0.5, 0.6) is 0 Å². The van der Waals surface area contributed by atoms with Gasteiger partial charge in [0.05, 0.1) is 0 Å². The van der Waals surface area contributed by atoms with Crippen LogP contribution in [0.4, 0.5) is 0 Å². The van der Waals surface area contributed by atoms with E-state index in [1.807, 2.05) is 11.8 Å². The Hall–Kier alpha value is 0.270. The number of thioether (sulfide) groups is 1. The lowest BCUT2D eigenvalue weighted by molar-refractivity contribution is 0.0102. The third-order valence-corrected chi connectivity index (χ3v) is 5.22. The first-order valence-electron chi connectivity index (χ1n) is 7.17. The average molecular weight is 256 g/mol. The van der Waals surface area contributed by atoms with Crippen LogP contribution in [0.3, 0.4) is 0 Å². The maximum absolute atomic E-state index is 2.74. The summed E-state index contributed by atoms with van der Waals surface area (Å²) < 4.78 is 0. The molecule has 0 aromatic carbocycles. The minimum absolute atomic E-state index is 0.758. The Morgan fingerprint density at radius 2 is 2.12 bits per heavy atom. The van der Waals surface area contributed by atoms with Crippen molar-refractivity contribution in [3.05, 3.63) is 0 Å². The van der Waals surface area contributed by atoms with Crippen molar-refractivity contribution >= 4 is 11.8 Å². The van der Waals surface area contributed by atoms with E-state index < -0.39 is 0 Å². The zero-order chi connectivity index (χ0) is 12.3. The Kier molecular flexibility index (Phi) is 5.19. The maximum Gasteiger partial charge on any atom is 0.0223 e. The third-order valence-electron chi connectivity index (χ3n) is 4.31. The van der Waals surface area contributed by atoms with Crippen molar-refractivity contribution in [2.45, 2.75) is 45.2 Å². The number of fused-ring (bicyclic) bond motifs is 1. The van der Waals surface area contributed by atoms with Crippen LogP contribution in [0, 0.1) is 5.92 Å². The van der Waals surface area contributed by atoms with Gasteiger partial charge in [-0.1, -0.05) is 13.3 Å². The van der Waals surface area contributed by atoms with Gasteiger partial charge in [0.2, 0.25) is 0 Å². The van der Waals surface area contributed by atoms with Gasteiger partial charge in [0, 0.05) is 31.7 Å². The van der Waals surface area contributed by atoms with E-state index in [1.54, 1.807) is 0 Å². The van der Waals surface area contributed by atoms with Gasteiger partial charge >= 0.3 is 0 Å². The lowest BCUT2D eigenvalue weighted by atomic mass is 9.96.